The van der Waals surface area contributed by atoms with Crippen LogP contribution < -0.4 is 0 Å². The topological polar surface area (TPSA) is 81.2 Å². The molecule has 1 N–H and O–H groups in total. The summed E-state index contributed by atoms with van der Waals surface area (Å²) < 4.78 is 23.8. The van der Waals surface area contributed by atoms with Crippen molar-refractivity contribution in [3.05, 3.63) is 35.9 Å². The molecule has 8 heteroatoms. The van der Waals surface area contributed by atoms with Crippen LogP contribution in [0, 0.1) is 5.92 Å². The minimum absolute atomic E-state index is 0.0378. The van der Waals surface area contributed by atoms with E-state index in [1.54, 1.807) is 0 Å². The van der Waals surface area contributed by atoms with Crippen LogP contribution in [-0.4, -0.2) is 90.6 Å². The van der Waals surface area contributed by atoms with Gasteiger partial charge in [0.25, 0.3) is 0 Å². The molecule has 2 saturated carbocycles. The largest absolute Gasteiger partial charge is 0.388 e. The van der Waals surface area contributed by atoms with E-state index in [-0.39, 0.29) is 34.5 Å². The van der Waals surface area contributed by atoms with E-state index in [2.05, 4.69) is 49.3 Å². The van der Waals surface area contributed by atoms with Crippen molar-refractivity contribution < 1.29 is 18.3 Å². The Morgan fingerprint density at radius 3 is 2.17 bits per heavy atom. The molecule has 194 valence electrons. The van der Waals surface area contributed by atoms with E-state index in [4.69, 9.17) is 0 Å². The Balaban J connectivity index is 1.37. The summed E-state index contributed by atoms with van der Waals surface area (Å²) in [6.07, 6.45) is 7.54. The second-order valence-corrected chi connectivity index (χ2v) is 14.2. The first-order valence-electron chi connectivity index (χ1n) is 13.3. The number of carbonyl (C=O) groups is 1. The van der Waals surface area contributed by atoms with Gasteiger partial charge in [-0.3, -0.25) is 4.90 Å². The Morgan fingerprint density at radius 2 is 1.63 bits per heavy atom. The summed E-state index contributed by atoms with van der Waals surface area (Å²) in [6, 6.07) is 10.7. The lowest BCUT2D eigenvalue weighted by atomic mass is 9.67. The summed E-state index contributed by atoms with van der Waals surface area (Å²) in [5.74, 6) is 0.702. The van der Waals surface area contributed by atoms with Gasteiger partial charge < -0.3 is 14.9 Å². The van der Waals surface area contributed by atoms with E-state index in [1.807, 2.05) is 9.80 Å². The summed E-state index contributed by atoms with van der Waals surface area (Å²) >= 11 is 0. The molecule has 2 aliphatic carbocycles. The molecule has 0 atom stereocenters. The lowest BCUT2D eigenvalue weighted by molar-refractivity contribution is -0.0725. The Hall–Kier alpha value is -1.64. The molecule has 2 aliphatic heterocycles. The van der Waals surface area contributed by atoms with Crippen LogP contribution in [0.15, 0.2) is 30.3 Å². The summed E-state index contributed by atoms with van der Waals surface area (Å²) in [5.41, 5.74) is 0.248. The number of benzene rings is 1. The van der Waals surface area contributed by atoms with Crippen molar-refractivity contribution in [3.63, 3.8) is 0 Å². The molecule has 2 amide bonds. The third-order valence-corrected chi connectivity index (χ3v) is 11.3. The van der Waals surface area contributed by atoms with Gasteiger partial charge in [-0.25, -0.2) is 13.2 Å². The first-order valence-corrected chi connectivity index (χ1v) is 15.1. The highest BCUT2D eigenvalue weighted by Gasteiger charge is 2.56. The Labute approximate surface area is 210 Å². The Morgan fingerprint density at radius 1 is 1.00 bits per heavy atom. The van der Waals surface area contributed by atoms with Crippen LogP contribution in [0.5, 0.6) is 0 Å². The first-order chi connectivity index (χ1) is 16.6. The molecule has 4 aliphatic rings. The molecule has 2 saturated heterocycles. The maximum atomic E-state index is 13.8. The van der Waals surface area contributed by atoms with Gasteiger partial charge in [-0.05, 0) is 83.4 Å². The van der Waals surface area contributed by atoms with E-state index in [9.17, 15) is 18.3 Å². The molecular formula is C27H41N3O4S. The number of sulfone groups is 1. The number of rotatable bonds is 6. The molecule has 0 radical (unpaired) electrons. The normalized spacial score (nSPS) is 30.1. The van der Waals surface area contributed by atoms with Gasteiger partial charge in [0.1, 0.15) is 9.84 Å². The van der Waals surface area contributed by atoms with Crippen LogP contribution in [-0.2, 0) is 15.4 Å². The smallest absolute Gasteiger partial charge is 0.320 e. The molecule has 35 heavy (non-hydrogen) atoms. The third-order valence-electron chi connectivity index (χ3n) is 9.62. The van der Waals surface area contributed by atoms with Crippen molar-refractivity contribution in [2.45, 2.75) is 74.5 Å². The molecule has 0 aromatic heterocycles. The number of urea groups is 1. The number of aliphatic hydroxyl groups is 1. The van der Waals surface area contributed by atoms with Gasteiger partial charge in [0.2, 0.25) is 0 Å². The minimum atomic E-state index is -2.92. The van der Waals surface area contributed by atoms with Crippen LogP contribution in [0.4, 0.5) is 4.79 Å². The van der Waals surface area contributed by atoms with Crippen LogP contribution in [0.3, 0.4) is 0 Å². The maximum Gasteiger partial charge on any atom is 0.320 e. The lowest BCUT2D eigenvalue weighted by Gasteiger charge is -2.52. The van der Waals surface area contributed by atoms with Crippen molar-refractivity contribution in [2.75, 3.05) is 45.2 Å². The lowest BCUT2D eigenvalue weighted by Crippen LogP contribution is -2.59. The van der Waals surface area contributed by atoms with E-state index in [0.29, 0.717) is 32.5 Å². The third kappa shape index (κ3) is 4.62. The van der Waals surface area contributed by atoms with Crippen molar-refractivity contribution >= 4 is 15.9 Å². The minimum Gasteiger partial charge on any atom is -0.388 e. The zero-order valence-corrected chi connectivity index (χ0v) is 22.1. The fourth-order valence-corrected chi connectivity index (χ4v) is 8.62. The molecule has 1 spiro atoms. The molecular weight excluding hydrogens is 462 g/mol. The van der Waals surface area contributed by atoms with Crippen molar-refractivity contribution in [1.29, 1.82) is 0 Å². The zero-order valence-electron chi connectivity index (χ0n) is 21.3. The number of carbonyl (C=O) groups excluding carboxylic acids is 1. The highest BCUT2D eigenvalue weighted by Crippen LogP contribution is 2.50. The molecule has 7 nitrogen and oxygen atoms in total. The van der Waals surface area contributed by atoms with Gasteiger partial charge in [0, 0.05) is 18.6 Å². The highest BCUT2D eigenvalue weighted by atomic mass is 32.2. The number of hydrogen-bond donors (Lipinski definition) is 1. The number of β-amino-alcohol motifs (C(OH)–C–C–N with tert-alkyl or cyclic N) is 1. The van der Waals surface area contributed by atoms with Crippen molar-refractivity contribution in [2.24, 2.45) is 5.92 Å². The van der Waals surface area contributed by atoms with Gasteiger partial charge in [-0.1, -0.05) is 30.3 Å². The molecule has 5 rings (SSSR count). The van der Waals surface area contributed by atoms with Gasteiger partial charge in [0.05, 0.1) is 29.2 Å². The average molecular weight is 504 g/mol. The maximum absolute atomic E-state index is 13.8. The Bertz CT molecular complexity index is 1020. The predicted octanol–water partition coefficient (Wildman–Crippen LogP) is 3.23. The van der Waals surface area contributed by atoms with Crippen LogP contribution in [0.2, 0.25) is 0 Å². The molecule has 2 heterocycles. The fourth-order valence-electron chi connectivity index (χ4n) is 7.03. The van der Waals surface area contributed by atoms with Crippen LogP contribution in [0.25, 0.3) is 0 Å². The van der Waals surface area contributed by atoms with Crippen molar-refractivity contribution in [1.82, 2.24) is 14.7 Å². The summed E-state index contributed by atoms with van der Waals surface area (Å²) in [6.45, 7) is 1.73. The second-order valence-electron chi connectivity index (χ2n) is 11.9. The number of nitrogens with zero attached hydrogens (tertiary/aromatic N) is 3. The quantitative estimate of drug-likeness (QED) is 0.645. The molecule has 1 aromatic rings. The SMILES string of the molecule is CN(C)[C@]1(c2ccccc2)CC[C@@]2(CC1)CN(CC1CCS(=O)(=O)CC1)C(=O)N2CC1(O)CCC1. The monoisotopic (exact) mass is 503 g/mol. The summed E-state index contributed by atoms with van der Waals surface area (Å²) in [5, 5.41) is 11.0. The Kier molecular flexibility index (Phi) is 6.46. The van der Waals surface area contributed by atoms with Crippen molar-refractivity contribution in [3.8, 4) is 0 Å². The van der Waals surface area contributed by atoms with Gasteiger partial charge >= 0.3 is 6.03 Å². The van der Waals surface area contributed by atoms with E-state index in [1.165, 1.54) is 5.56 Å². The van der Waals surface area contributed by atoms with Gasteiger partial charge in [-0.2, -0.15) is 0 Å². The van der Waals surface area contributed by atoms with Gasteiger partial charge in [-0.15, -0.1) is 0 Å². The fraction of sp³-hybridized carbons (Fsp3) is 0.741. The number of amides is 2. The van der Waals surface area contributed by atoms with E-state index < -0.39 is 15.4 Å². The molecule has 4 fully saturated rings. The summed E-state index contributed by atoms with van der Waals surface area (Å²) in [4.78, 5) is 20.1. The van der Waals surface area contributed by atoms with E-state index in [0.717, 1.165) is 44.9 Å². The van der Waals surface area contributed by atoms with E-state index >= 15 is 0 Å². The number of hydrogen-bond acceptors (Lipinski definition) is 5. The molecule has 0 bridgehead atoms. The average Bonchev–Trinajstić information content (AvgIpc) is 3.06. The molecule has 1 aromatic carbocycles. The van der Waals surface area contributed by atoms with Crippen LogP contribution >= 0.6 is 0 Å². The van der Waals surface area contributed by atoms with Gasteiger partial charge in [0.15, 0.2) is 0 Å². The standard InChI is InChI=1S/C27H41N3O4S/c1-28(2)27(23-7-4-3-5-8-23)15-13-25(14-16-27)20-29(19-22-9-17-35(33,34)18-10-22)24(31)30(25)21-26(32)11-6-12-26/h3-5,7-8,22,32H,6,9-21H2,1-2H3/t25-,27-. The molecule has 0 unspecified atom stereocenters. The zero-order chi connectivity index (χ0) is 24.9. The second kappa shape index (κ2) is 9.03. The predicted molar refractivity (Wildman–Crippen MR) is 137 cm³/mol. The summed E-state index contributed by atoms with van der Waals surface area (Å²) in [7, 11) is 1.39. The highest BCUT2D eigenvalue weighted by molar-refractivity contribution is 7.91. The van der Waals surface area contributed by atoms with Crippen LogP contribution in [0.1, 0.15) is 63.4 Å². The first kappa shape index (κ1) is 25.0.